The van der Waals surface area contributed by atoms with Crippen molar-refractivity contribution in [2.45, 2.75) is 13.5 Å². The molecule has 3 aromatic rings. The number of nitrogens with zero attached hydrogens (tertiary/aromatic N) is 3. The van der Waals surface area contributed by atoms with E-state index in [1.165, 1.54) is 7.11 Å². The molecular weight excluding hydrogens is 377 g/mol. The van der Waals surface area contributed by atoms with Crippen LogP contribution in [0.4, 0.5) is 0 Å². The van der Waals surface area contributed by atoms with Crippen LogP contribution in [0.2, 0.25) is 10.0 Å². The van der Waals surface area contributed by atoms with Crippen molar-refractivity contribution < 1.29 is 14.6 Å². The molecule has 3 rings (SSSR count). The van der Waals surface area contributed by atoms with Crippen LogP contribution in [0.5, 0.6) is 5.75 Å². The minimum absolute atomic E-state index is 0.0823. The summed E-state index contributed by atoms with van der Waals surface area (Å²) in [5, 5.41) is 10.7. The molecule has 1 N–H and O–H groups in total. The average molecular weight is 392 g/mol. The normalized spacial score (nSPS) is 10.8. The Kier molecular flexibility index (Phi) is 5.15. The molecular formula is C18H15Cl2N3O3. The predicted octanol–water partition coefficient (Wildman–Crippen LogP) is 4.32. The van der Waals surface area contributed by atoms with Gasteiger partial charge in [-0.2, -0.15) is 0 Å². The highest BCUT2D eigenvalue weighted by Gasteiger charge is 2.22. The molecule has 8 heteroatoms. The maximum atomic E-state index is 11.8. The van der Waals surface area contributed by atoms with Crippen molar-refractivity contribution in [3.05, 3.63) is 63.7 Å². The SMILES string of the molecule is COc1cncc(-c2nc(C)c(C(=O)O)n2Cc2cc(Cl)ccc2Cl)c1. The number of hydrogen-bond acceptors (Lipinski definition) is 4. The van der Waals surface area contributed by atoms with E-state index < -0.39 is 5.97 Å². The average Bonchev–Trinajstić information content (AvgIpc) is 2.94. The summed E-state index contributed by atoms with van der Waals surface area (Å²) in [5.41, 5.74) is 1.81. The van der Waals surface area contributed by atoms with E-state index in [0.29, 0.717) is 38.4 Å². The minimum atomic E-state index is -1.07. The van der Waals surface area contributed by atoms with Gasteiger partial charge in [0, 0.05) is 21.8 Å². The van der Waals surface area contributed by atoms with Crippen LogP contribution in [-0.2, 0) is 6.54 Å². The van der Waals surface area contributed by atoms with Crippen LogP contribution in [0.15, 0.2) is 36.7 Å². The molecule has 0 aliphatic rings. The van der Waals surface area contributed by atoms with Gasteiger partial charge in [0.2, 0.25) is 0 Å². The molecule has 6 nitrogen and oxygen atoms in total. The van der Waals surface area contributed by atoms with Crippen molar-refractivity contribution in [1.29, 1.82) is 0 Å². The van der Waals surface area contributed by atoms with Gasteiger partial charge < -0.3 is 14.4 Å². The Morgan fingerprint density at radius 3 is 2.73 bits per heavy atom. The Hall–Kier alpha value is -2.57. The van der Waals surface area contributed by atoms with Gasteiger partial charge in [0.15, 0.2) is 5.69 Å². The zero-order chi connectivity index (χ0) is 18.8. The van der Waals surface area contributed by atoms with Crippen LogP contribution >= 0.6 is 23.2 Å². The number of carboxylic acids is 1. The number of imidazole rings is 1. The molecule has 2 heterocycles. The third-order valence-electron chi connectivity index (χ3n) is 3.89. The summed E-state index contributed by atoms with van der Waals surface area (Å²) in [6.07, 6.45) is 3.17. The molecule has 0 aliphatic heterocycles. The lowest BCUT2D eigenvalue weighted by Crippen LogP contribution is -2.12. The smallest absolute Gasteiger partial charge is 0.354 e. The maximum Gasteiger partial charge on any atom is 0.354 e. The summed E-state index contributed by atoms with van der Waals surface area (Å²) >= 11 is 12.3. The molecule has 2 aromatic heterocycles. The van der Waals surface area contributed by atoms with Crippen LogP contribution in [-0.4, -0.2) is 32.7 Å². The summed E-state index contributed by atoms with van der Waals surface area (Å²) in [5.74, 6) is -0.0648. The lowest BCUT2D eigenvalue weighted by Gasteiger charge is -2.12. The standard InChI is InChI=1S/C18H15Cl2N3O3/c1-10-16(18(24)25)23(9-12-5-13(19)3-4-15(12)20)17(22-10)11-6-14(26-2)8-21-7-11/h3-8H,9H2,1-2H3,(H,24,25). The molecule has 1 aromatic carbocycles. The highest BCUT2D eigenvalue weighted by atomic mass is 35.5. The molecule has 134 valence electrons. The monoisotopic (exact) mass is 391 g/mol. The van der Waals surface area contributed by atoms with E-state index >= 15 is 0 Å². The first-order chi connectivity index (χ1) is 12.4. The van der Waals surface area contributed by atoms with Crippen LogP contribution in [0.25, 0.3) is 11.4 Å². The maximum absolute atomic E-state index is 11.8. The molecule has 0 fully saturated rings. The van der Waals surface area contributed by atoms with E-state index in [1.54, 1.807) is 48.1 Å². The second-order valence-electron chi connectivity index (χ2n) is 5.61. The number of hydrogen-bond donors (Lipinski definition) is 1. The van der Waals surface area contributed by atoms with Crippen molar-refractivity contribution >= 4 is 29.2 Å². The highest BCUT2D eigenvalue weighted by molar-refractivity contribution is 6.33. The van der Waals surface area contributed by atoms with Gasteiger partial charge in [0.25, 0.3) is 0 Å². The van der Waals surface area contributed by atoms with Gasteiger partial charge in [-0.05, 0) is 36.8 Å². The number of benzene rings is 1. The Labute approximate surface area is 160 Å². The van der Waals surface area contributed by atoms with E-state index in [1.807, 2.05) is 0 Å². The molecule has 26 heavy (non-hydrogen) atoms. The lowest BCUT2D eigenvalue weighted by atomic mass is 10.2. The van der Waals surface area contributed by atoms with Gasteiger partial charge >= 0.3 is 5.97 Å². The number of carboxylic acid groups (broad SMARTS) is 1. The number of halogens is 2. The number of aryl methyl sites for hydroxylation is 1. The molecule has 0 saturated heterocycles. The van der Waals surface area contributed by atoms with Crippen molar-refractivity contribution in [2.75, 3.05) is 7.11 Å². The van der Waals surface area contributed by atoms with Crippen molar-refractivity contribution in [2.24, 2.45) is 0 Å². The largest absolute Gasteiger partial charge is 0.495 e. The molecule has 0 atom stereocenters. The van der Waals surface area contributed by atoms with Crippen LogP contribution in [0.1, 0.15) is 21.7 Å². The van der Waals surface area contributed by atoms with E-state index in [0.717, 1.165) is 0 Å². The molecule has 0 spiro atoms. The fourth-order valence-corrected chi connectivity index (χ4v) is 3.08. The molecule has 0 bridgehead atoms. The van der Waals surface area contributed by atoms with E-state index in [-0.39, 0.29) is 12.2 Å². The predicted molar refractivity (Wildman–Crippen MR) is 99.3 cm³/mol. The quantitative estimate of drug-likeness (QED) is 0.700. The fourth-order valence-electron chi connectivity index (χ4n) is 2.71. The zero-order valence-electron chi connectivity index (χ0n) is 14.0. The Balaban J connectivity index is 2.18. The van der Waals surface area contributed by atoms with Gasteiger partial charge in [0.1, 0.15) is 11.6 Å². The first kappa shape index (κ1) is 18.2. The Morgan fingerprint density at radius 2 is 2.04 bits per heavy atom. The number of carbonyl (C=O) groups is 1. The Morgan fingerprint density at radius 1 is 1.27 bits per heavy atom. The first-order valence-corrected chi connectivity index (χ1v) is 8.40. The number of aromatic carboxylic acids is 1. The topological polar surface area (TPSA) is 77.2 Å². The third kappa shape index (κ3) is 3.52. The van der Waals surface area contributed by atoms with Gasteiger partial charge in [-0.25, -0.2) is 9.78 Å². The van der Waals surface area contributed by atoms with E-state index in [9.17, 15) is 9.90 Å². The summed E-state index contributed by atoms with van der Waals surface area (Å²) in [6, 6.07) is 6.81. The van der Waals surface area contributed by atoms with Crippen molar-refractivity contribution in [3.63, 3.8) is 0 Å². The number of pyridine rings is 1. The molecule has 0 aliphatic carbocycles. The van der Waals surface area contributed by atoms with E-state index in [2.05, 4.69) is 9.97 Å². The molecule has 0 unspecified atom stereocenters. The summed E-state index contributed by atoms with van der Waals surface area (Å²) in [4.78, 5) is 20.4. The number of methoxy groups -OCH3 is 1. The van der Waals surface area contributed by atoms with Crippen LogP contribution in [0.3, 0.4) is 0 Å². The van der Waals surface area contributed by atoms with Gasteiger partial charge in [-0.15, -0.1) is 0 Å². The fraction of sp³-hybridized carbons (Fsp3) is 0.167. The highest BCUT2D eigenvalue weighted by Crippen LogP contribution is 2.28. The Bertz CT molecular complexity index is 986. The summed E-state index contributed by atoms with van der Waals surface area (Å²) in [7, 11) is 1.53. The van der Waals surface area contributed by atoms with Gasteiger partial charge in [-0.3, -0.25) is 4.98 Å². The molecule has 0 saturated carbocycles. The summed E-state index contributed by atoms with van der Waals surface area (Å²) < 4.78 is 6.79. The van der Waals surface area contributed by atoms with Crippen molar-refractivity contribution in [1.82, 2.24) is 14.5 Å². The van der Waals surface area contributed by atoms with Crippen molar-refractivity contribution in [3.8, 4) is 17.1 Å². The first-order valence-electron chi connectivity index (χ1n) is 7.64. The van der Waals surface area contributed by atoms with Crippen LogP contribution < -0.4 is 4.74 Å². The zero-order valence-corrected chi connectivity index (χ0v) is 15.5. The summed E-state index contributed by atoms with van der Waals surface area (Å²) in [6.45, 7) is 1.85. The molecule has 0 radical (unpaired) electrons. The number of rotatable bonds is 5. The lowest BCUT2D eigenvalue weighted by molar-refractivity contribution is 0.0685. The molecule has 0 amide bonds. The number of aromatic nitrogens is 3. The van der Waals surface area contributed by atoms with Gasteiger partial charge in [-0.1, -0.05) is 23.2 Å². The van der Waals surface area contributed by atoms with Crippen LogP contribution in [0, 0.1) is 6.92 Å². The number of ether oxygens (including phenoxy) is 1. The second kappa shape index (κ2) is 7.35. The van der Waals surface area contributed by atoms with Gasteiger partial charge in [0.05, 0.1) is 25.5 Å². The third-order valence-corrected chi connectivity index (χ3v) is 4.49. The minimum Gasteiger partial charge on any atom is -0.495 e. The van der Waals surface area contributed by atoms with E-state index in [4.69, 9.17) is 27.9 Å². The second-order valence-corrected chi connectivity index (χ2v) is 6.45.